The number of anilines is 2. The minimum atomic E-state index is 0.190. The summed E-state index contributed by atoms with van der Waals surface area (Å²) in [5, 5.41) is 3.42. The van der Waals surface area contributed by atoms with Gasteiger partial charge in [-0.3, -0.25) is 0 Å². The Hall–Kier alpha value is -1.71. The molecule has 0 amide bonds. The Bertz CT molecular complexity index is 537. The molecular formula is C13H17N3O. The molecule has 1 aromatic heterocycles. The molecule has 3 N–H and O–H groups in total. The van der Waals surface area contributed by atoms with E-state index in [1.807, 2.05) is 18.2 Å². The van der Waals surface area contributed by atoms with Crippen molar-refractivity contribution < 1.29 is 4.42 Å². The first-order valence-electron chi connectivity index (χ1n) is 6.16. The summed E-state index contributed by atoms with van der Waals surface area (Å²) in [5.74, 6) is 0. The number of nitrogen functional groups attached to an aromatic ring is 1. The molecule has 1 aromatic carbocycles. The summed E-state index contributed by atoms with van der Waals surface area (Å²) in [6.07, 6.45) is 4.76. The van der Waals surface area contributed by atoms with Crippen LogP contribution in [0.4, 0.5) is 11.7 Å². The van der Waals surface area contributed by atoms with Gasteiger partial charge in [-0.25, -0.2) is 0 Å². The fourth-order valence-corrected chi connectivity index (χ4v) is 2.42. The smallest absolute Gasteiger partial charge is 0.296 e. The number of nitrogens with zero attached hydrogens (tertiary/aromatic N) is 1. The van der Waals surface area contributed by atoms with Crippen molar-refractivity contribution >= 4 is 22.8 Å². The van der Waals surface area contributed by atoms with E-state index in [-0.39, 0.29) is 5.54 Å². The van der Waals surface area contributed by atoms with Gasteiger partial charge in [0.25, 0.3) is 6.01 Å². The highest BCUT2D eigenvalue weighted by Gasteiger charge is 2.36. The predicted octanol–water partition coefficient (Wildman–Crippen LogP) is 3.15. The highest BCUT2D eigenvalue weighted by molar-refractivity contribution is 5.86. The minimum absolute atomic E-state index is 0.190. The molecule has 1 aliphatic carbocycles. The molecule has 4 heteroatoms. The Labute approximate surface area is 100 Å². The van der Waals surface area contributed by atoms with Crippen LogP contribution in [0, 0.1) is 0 Å². The van der Waals surface area contributed by atoms with E-state index in [4.69, 9.17) is 10.2 Å². The standard InChI is InChI=1S/C13H17N3O/c1-2-13(7-4-8-13)16-12-15-11-9(14)5-3-6-10(11)17-12/h3,5-6H,2,4,7-8,14H2,1H3,(H,15,16). The fraction of sp³-hybridized carbons (Fsp3) is 0.462. The molecule has 1 fully saturated rings. The molecule has 90 valence electrons. The third kappa shape index (κ3) is 1.64. The summed E-state index contributed by atoms with van der Waals surface area (Å²) < 4.78 is 5.68. The molecule has 1 heterocycles. The van der Waals surface area contributed by atoms with Crippen LogP contribution in [0.5, 0.6) is 0 Å². The van der Waals surface area contributed by atoms with Crippen LogP contribution in [0.1, 0.15) is 32.6 Å². The van der Waals surface area contributed by atoms with Crippen LogP contribution in [0.3, 0.4) is 0 Å². The number of hydrogen-bond acceptors (Lipinski definition) is 4. The molecule has 2 aromatic rings. The maximum Gasteiger partial charge on any atom is 0.296 e. The maximum atomic E-state index is 5.86. The van der Waals surface area contributed by atoms with Crippen LogP contribution in [-0.2, 0) is 0 Å². The molecule has 0 unspecified atom stereocenters. The van der Waals surface area contributed by atoms with Gasteiger partial charge in [0.2, 0.25) is 0 Å². The van der Waals surface area contributed by atoms with Crippen molar-refractivity contribution in [2.75, 3.05) is 11.1 Å². The Balaban J connectivity index is 1.93. The van der Waals surface area contributed by atoms with E-state index in [2.05, 4.69) is 17.2 Å². The summed E-state index contributed by atoms with van der Waals surface area (Å²) in [5.41, 5.74) is 8.22. The lowest BCUT2D eigenvalue weighted by atomic mass is 9.75. The zero-order chi connectivity index (χ0) is 11.9. The van der Waals surface area contributed by atoms with Crippen molar-refractivity contribution in [3.8, 4) is 0 Å². The average molecular weight is 231 g/mol. The zero-order valence-corrected chi connectivity index (χ0v) is 9.99. The van der Waals surface area contributed by atoms with Gasteiger partial charge in [0, 0.05) is 5.54 Å². The number of rotatable bonds is 3. The lowest BCUT2D eigenvalue weighted by Crippen LogP contribution is -2.44. The van der Waals surface area contributed by atoms with Gasteiger partial charge in [-0.2, -0.15) is 4.98 Å². The number of hydrogen-bond donors (Lipinski definition) is 2. The van der Waals surface area contributed by atoms with E-state index in [1.165, 1.54) is 19.3 Å². The van der Waals surface area contributed by atoms with E-state index in [9.17, 15) is 0 Å². The van der Waals surface area contributed by atoms with E-state index in [1.54, 1.807) is 0 Å². The SMILES string of the molecule is CCC1(Nc2nc3c(N)cccc3o2)CCC1. The van der Waals surface area contributed by atoms with Gasteiger partial charge < -0.3 is 15.5 Å². The number of benzene rings is 1. The maximum absolute atomic E-state index is 5.86. The van der Waals surface area contributed by atoms with E-state index in [0.717, 1.165) is 17.5 Å². The predicted molar refractivity (Wildman–Crippen MR) is 68.9 cm³/mol. The summed E-state index contributed by atoms with van der Waals surface area (Å²) in [7, 11) is 0. The second-order valence-corrected chi connectivity index (χ2v) is 4.83. The van der Waals surface area contributed by atoms with Crippen molar-refractivity contribution in [3.05, 3.63) is 18.2 Å². The average Bonchev–Trinajstić information content (AvgIpc) is 2.68. The normalized spacial score (nSPS) is 17.9. The van der Waals surface area contributed by atoms with Crippen LogP contribution in [0.15, 0.2) is 22.6 Å². The number of fused-ring (bicyclic) bond motifs is 1. The van der Waals surface area contributed by atoms with Gasteiger partial charge in [0.1, 0.15) is 5.52 Å². The number of aromatic nitrogens is 1. The molecule has 0 atom stereocenters. The van der Waals surface area contributed by atoms with Crippen molar-refractivity contribution in [2.45, 2.75) is 38.1 Å². The summed E-state index contributed by atoms with van der Waals surface area (Å²) in [6.45, 7) is 2.20. The van der Waals surface area contributed by atoms with Gasteiger partial charge in [0.15, 0.2) is 5.58 Å². The van der Waals surface area contributed by atoms with Crippen LogP contribution in [0.25, 0.3) is 11.1 Å². The molecule has 0 aliphatic heterocycles. The van der Waals surface area contributed by atoms with Crippen molar-refractivity contribution in [1.29, 1.82) is 0 Å². The first-order chi connectivity index (χ1) is 8.22. The Morgan fingerprint density at radius 1 is 1.47 bits per heavy atom. The molecule has 0 radical (unpaired) electrons. The third-order valence-corrected chi connectivity index (χ3v) is 3.81. The number of nitrogens with two attached hydrogens (primary N) is 1. The highest BCUT2D eigenvalue weighted by Crippen LogP contribution is 2.38. The first kappa shape index (κ1) is 10.4. The van der Waals surface area contributed by atoms with Crippen LogP contribution in [-0.4, -0.2) is 10.5 Å². The first-order valence-corrected chi connectivity index (χ1v) is 6.16. The van der Waals surface area contributed by atoms with Gasteiger partial charge in [-0.1, -0.05) is 13.0 Å². The molecule has 0 saturated heterocycles. The topological polar surface area (TPSA) is 64.1 Å². The quantitative estimate of drug-likeness (QED) is 0.796. The molecule has 17 heavy (non-hydrogen) atoms. The molecule has 1 saturated carbocycles. The van der Waals surface area contributed by atoms with E-state index < -0.39 is 0 Å². The summed E-state index contributed by atoms with van der Waals surface area (Å²) in [6, 6.07) is 6.21. The van der Waals surface area contributed by atoms with Crippen molar-refractivity contribution in [2.24, 2.45) is 0 Å². The van der Waals surface area contributed by atoms with Crippen LogP contribution >= 0.6 is 0 Å². The molecule has 1 aliphatic rings. The third-order valence-electron chi connectivity index (χ3n) is 3.81. The van der Waals surface area contributed by atoms with Gasteiger partial charge in [-0.05, 0) is 37.8 Å². The fourth-order valence-electron chi connectivity index (χ4n) is 2.42. The van der Waals surface area contributed by atoms with Gasteiger partial charge >= 0.3 is 0 Å². The van der Waals surface area contributed by atoms with E-state index in [0.29, 0.717) is 11.7 Å². The van der Waals surface area contributed by atoms with Crippen molar-refractivity contribution in [3.63, 3.8) is 0 Å². The number of oxazole rings is 1. The van der Waals surface area contributed by atoms with Gasteiger partial charge in [0.05, 0.1) is 5.69 Å². The lowest BCUT2D eigenvalue weighted by molar-refractivity contribution is 0.263. The molecule has 3 rings (SSSR count). The zero-order valence-electron chi connectivity index (χ0n) is 9.99. The molecule has 0 bridgehead atoms. The Morgan fingerprint density at radius 3 is 2.88 bits per heavy atom. The largest absolute Gasteiger partial charge is 0.423 e. The summed E-state index contributed by atoms with van der Waals surface area (Å²) >= 11 is 0. The Kier molecular flexibility index (Phi) is 2.24. The molecular weight excluding hydrogens is 214 g/mol. The lowest BCUT2D eigenvalue weighted by Gasteiger charge is -2.41. The molecule has 4 nitrogen and oxygen atoms in total. The van der Waals surface area contributed by atoms with Gasteiger partial charge in [-0.15, -0.1) is 0 Å². The van der Waals surface area contributed by atoms with Crippen molar-refractivity contribution in [1.82, 2.24) is 4.98 Å². The van der Waals surface area contributed by atoms with Crippen LogP contribution in [0.2, 0.25) is 0 Å². The summed E-state index contributed by atoms with van der Waals surface area (Å²) in [4.78, 5) is 4.42. The highest BCUT2D eigenvalue weighted by atomic mass is 16.4. The van der Waals surface area contributed by atoms with Crippen LogP contribution < -0.4 is 11.1 Å². The van der Waals surface area contributed by atoms with E-state index >= 15 is 0 Å². The monoisotopic (exact) mass is 231 g/mol. The Morgan fingerprint density at radius 2 is 2.29 bits per heavy atom. The molecule has 0 spiro atoms. The number of para-hydroxylation sites is 1. The second-order valence-electron chi connectivity index (χ2n) is 4.83. The second kappa shape index (κ2) is 3.65. The minimum Gasteiger partial charge on any atom is -0.423 e. The number of nitrogens with one attached hydrogen (secondary N) is 1.